The van der Waals surface area contributed by atoms with Gasteiger partial charge in [0.2, 0.25) is 5.91 Å². The monoisotopic (exact) mass is 389 g/mol. The van der Waals surface area contributed by atoms with Gasteiger partial charge in [0.1, 0.15) is 23.6 Å². The Labute approximate surface area is 155 Å². The molecule has 144 valence electrons. The number of likely N-dealkylation sites (tertiary alicyclic amines) is 1. The van der Waals surface area contributed by atoms with Crippen molar-refractivity contribution in [1.82, 2.24) is 10.2 Å². The number of nitrogens with two attached hydrogens (primary N) is 1. The molecular weight excluding hydrogens is 368 g/mol. The standard InChI is InChI=1S/C17H22ClF2N3O3/c1-17(2,3)26-16(25)23-8-11(21)13(20)14(23)15(24)22-7-9-5-4-6-10(18)12(9)19/h4-6,11,13-14H,7-8,21H2,1-3H3,(H,22,24)/t11-,13+,14+/m1/s1. The number of rotatable bonds is 3. The predicted molar refractivity (Wildman–Crippen MR) is 92.9 cm³/mol. The highest BCUT2D eigenvalue weighted by atomic mass is 35.5. The number of halogens is 3. The number of amides is 2. The van der Waals surface area contributed by atoms with E-state index in [2.05, 4.69) is 5.32 Å². The Morgan fingerprint density at radius 2 is 2.08 bits per heavy atom. The van der Waals surface area contributed by atoms with Crippen LogP contribution >= 0.6 is 11.6 Å². The Morgan fingerprint density at radius 3 is 2.69 bits per heavy atom. The lowest BCUT2D eigenvalue weighted by Crippen LogP contribution is -2.50. The van der Waals surface area contributed by atoms with E-state index in [1.54, 1.807) is 20.8 Å². The third-order valence-corrected chi connectivity index (χ3v) is 4.13. The molecule has 0 saturated carbocycles. The molecule has 0 spiro atoms. The molecule has 1 heterocycles. The fourth-order valence-electron chi connectivity index (χ4n) is 2.61. The van der Waals surface area contributed by atoms with Crippen molar-refractivity contribution in [1.29, 1.82) is 0 Å². The van der Waals surface area contributed by atoms with E-state index in [0.29, 0.717) is 0 Å². The van der Waals surface area contributed by atoms with Gasteiger partial charge in [-0.25, -0.2) is 13.6 Å². The van der Waals surface area contributed by atoms with E-state index >= 15 is 0 Å². The molecule has 9 heteroatoms. The maximum atomic E-state index is 14.4. The van der Waals surface area contributed by atoms with Gasteiger partial charge in [0.05, 0.1) is 11.1 Å². The number of nitrogens with one attached hydrogen (secondary N) is 1. The molecule has 0 aliphatic carbocycles. The second-order valence-corrected chi connectivity index (χ2v) is 7.52. The number of carbonyl (C=O) groups is 2. The molecule has 26 heavy (non-hydrogen) atoms. The topological polar surface area (TPSA) is 84.7 Å². The van der Waals surface area contributed by atoms with E-state index in [0.717, 1.165) is 4.90 Å². The van der Waals surface area contributed by atoms with Crippen LogP contribution in [0.3, 0.4) is 0 Å². The summed E-state index contributed by atoms with van der Waals surface area (Å²) < 4.78 is 33.5. The summed E-state index contributed by atoms with van der Waals surface area (Å²) in [6, 6.07) is 1.90. The Kier molecular flexibility index (Phi) is 6.08. The van der Waals surface area contributed by atoms with Crippen molar-refractivity contribution in [2.45, 2.75) is 51.2 Å². The lowest BCUT2D eigenvalue weighted by molar-refractivity contribution is -0.127. The molecule has 1 aromatic rings. The van der Waals surface area contributed by atoms with Crippen molar-refractivity contribution in [3.63, 3.8) is 0 Å². The zero-order valence-corrected chi connectivity index (χ0v) is 15.5. The minimum Gasteiger partial charge on any atom is -0.444 e. The number of hydrogen-bond acceptors (Lipinski definition) is 4. The van der Waals surface area contributed by atoms with Crippen LogP contribution in [0, 0.1) is 5.82 Å². The zero-order chi connectivity index (χ0) is 19.6. The Balaban J connectivity index is 2.11. The molecule has 1 aliphatic rings. The summed E-state index contributed by atoms with van der Waals surface area (Å²) in [7, 11) is 0. The molecule has 0 unspecified atom stereocenters. The van der Waals surface area contributed by atoms with E-state index in [4.69, 9.17) is 22.1 Å². The molecule has 1 aliphatic heterocycles. The predicted octanol–water partition coefficient (Wildman–Crippen LogP) is 2.38. The lowest BCUT2D eigenvalue weighted by Gasteiger charge is -2.28. The van der Waals surface area contributed by atoms with E-state index in [1.165, 1.54) is 18.2 Å². The molecule has 0 radical (unpaired) electrons. The Morgan fingerprint density at radius 1 is 1.42 bits per heavy atom. The molecule has 2 rings (SSSR count). The van der Waals surface area contributed by atoms with Crippen molar-refractivity contribution in [3.05, 3.63) is 34.6 Å². The first-order valence-electron chi connectivity index (χ1n) is 8.11. The van der Waals surface area contributed by atoms with Crippen LogP contribution in [0.15, 0.2) is 18.2 Å². The molecule has 2 amide bonds. The first-order valence-corrected chi connectivity index (χ1v) is 8.49. The van der Waals surface area contributed by atoms with E-state index in [9.17, 15) is 18.4 Å². The van der Waals surface area contributed by atoms with Crippen molar-refractivity contribution >= 4 is 23.6 Å². The molecule has 3 N–H and O–H groups in total. The van der Waals surface area contributed by atoms with Crippen LogP contribution in [-0.2, 0) is 16.1 Å². The van der Waals surface area contributed by atoms with Gasteiger partial charge in [-0.15, -0.1) is 0 Å². The summed E-state index contributed by atoms with van der Waals surface area (Å²) in [5.74, 6) is -1.45. The summed E-state index contributed by atoms with van der Waals surface area (Å²) in [5, 5.41) is 2.34. The van der Waals surface area contributed by atoms with Crippen LogP contribution in [0.25, 0.3) is 0 Å². The first-order chi connectivity index (χ1) is 12.0. The normalized spacial score (nSPS) is 23.0. The number of benzene rings is 1. The average Bonchev–Trinajstić information content (AvgIpc) is 2.83. The summed E-state index contributed by atoms with van der Waals surface area (Å²) in [6.45, 7) is 4.62. The van der Waals surface area contributed by atoms with E-state index < -0.39 is 41.7 Å². The minimum atomic E-state index is -1.76. The zero-order valence-electron chi connectivity index (χ0n) is 14.8. The van der Waals surface area contributed by atoms with Gasteiger partial charge >= 0.3 is 6.09 Å². The van der Waals surface area contributed by atoms with Gasteiger partial charge in [-0.3, -0.25) is 9.69 Å². The fraction of sp³-hybridized carbons (Fsp3) is 0.529. The van der Waals surface area contributed by atoms with Gasteiger partial charge < -0.3 is 15.8 Å². The molecule has 1 aromatic carbocycles. The number of alkyl halides is 1. The summed E-state index contributed by atoms with van der Waals surface area (Å²) in [4.78, 5) is 25.7. The van der Waals surface area contributed by atoms with E-state index in [-0.39, 0.29) is 23.7 Å². The van der Waals surface area contributed by atoms with Crippen LogP contribution in [0.4, 0.5) is 13.6 Å². The molecular formula is C17H22ClF2N3O3. The quantitative estimate of drug-likeness (QED) is 0.831. The van der Waals surface area contributed by atoms with Crippen molar-refractivity contribution < 1.29 is 23.1 Å². The Bertz CT molecular complexity index is 696. The SMILES string of the molecule is CC(C)(C)OC(=O)N1C[C@@H](N)[C@H](F)[C@H]1C(=O)NCc1cccc(Cl)c1F. The lowest BCUT2D eigenvalue weighted by atomic mass is 10.1. The molecule has 1 saturated heterocycles. The third-order valence-electron chi connectivity index (χ3n) is 3.84. The van der Waals surface area contributed by atoms with Crippen molar-refractivity contribution in [3.8, 4) is 0 Å². The molecule has 3 atom stereocenters. The molecule has 0 bridgehead atoms. The van der Waals surface area contributed by atoms with Crippen LogP contribution in [-0.4, -0.2) is 47.3 Å². The Hall–Kier alpha value is -1.93. The van der Waals surface area contributed by atoms with Crippen LogP contribution in [0.5, 0.6) is 0 Å². The largest absolute Gasteiger partial charge is 0.444 e. The molecule has 0 aromatic heterocycles. The van der Waals surface area contributed by atoms with Gasteiger partial charge in [-0.05, 0) is 26.8 Å². The van der Waals surface area contributed by atoms with Gasteiger partial charge in [-0.1, -0.05) is 23.7 Å². The third kappa shape index (κ3) is 4.62. The molecule has 1 fully saturated rings. The van der Waals surface area contributed by atoms with Crippen LogP contribution in [0.1, 0.15) is 26.3 Å². The smallest absolute Gasteiger partial charge is 0.411 e. The summed E-state index contributed by atoms with van der Waals surface area (Å²) >= 11 is 5.69. The minimum absolute atomic E-state index is 0.0848. The highest BCUT2D eigenvalue weighted by Gasteiger charge is 2.48. The average molecular weight is 390 g/mol. The first kappa shape index (κ1) is 20.4. The maximum Gasteiger partial charge on any atom is 0.411 e. The number of carbonyl (C=O) groups excluding carboxylic acids is 2. The second-order valence-electron chi connectivity index (χ2n) is 7.12. The highest BCUT2D eigenvalue weighted by molar-refractivity contribution is 6.30. The van der Waals surface area contributed by atoms with Gasteiger partial charge in [0.15, 0.2) is 0 Å². The van der Waals surface area contributed by atoms with E-state index in [1.807, 2.05) is 0 Å². The van der Waals surface area contributed by atoms with Crippen LogP contribution in [0.2, 0.25) is 5.02 Å². The molecule has 6 nitrogen and oxygen atoms in total. The van der Waals surface area contributed by atoms with Crippen molar-refractivity contribution in [2.24, 2.45) is 5.73 Å². The maximum absolute atomic E-state index is 14.4. The van der Waals surface area contributed by atoms with Gasteiger partial charge in [0, 0.05) is 18.7 Å². The highest BCUT2D eigenvalue weighted by Crippen LogP contribution is 2.24. The van der Waals surface area contributed by atoms with Gasteiger partial charge in [0.25, 0.3) is 0 Å². The summed E-state index contributed by atoms with van der Waals surface area (Å²) in [5.41, 5.74) is 5.01. The number of hydrogen-bond donors (Lipinski definition) is 2. The number of ether oxygens (including phenoxy) is 1. The number of nitrogens with zero attached hydrogens (tertiary/aromatic N) is 1. The van der Waals surface area contributed by atoms with Crippen molar-refractivity contribution in [2.75, 3.05) is 6.54 Å². The second kappa shape index (κ2) is 7.75. The fourth-order valence-corrected chi connectivity index (χ4v) is 2.81. The van der Waals surface area contributed by atoms with Crippen LogP contribution < -0.4 is 11.1 Å². The van der Waals surface area contributed by atoms with Gasteiger partial charge in [-0.2, -0.15) is 0 Å². The summed E-state index contributed by atoms with van der Waals surface area (Å²) in [6.07, 6.45) is -2.59.